The van der Waals surface area contributed by atoms with E-state index in [0.29, 0.717) is 11.1 Å². The van der Waals surface area contributed by atoms with Gasteiger partial charge >= 0.3 is 6.36 Å². The number of aromatic nitrogens is 2. The highest BCUT2D eigenvalue weighted by Gasteiger charge is 2.31. The molecule has 0 bridgehead atoms. The summed E-state index contributed by atoms with van der Waals surface area (Å²) in [5.41, 5.74) is 0.272. The van der Waals surface area contributed by atoms with Gasteiger partial charge < -0.3 is 10.1 Å². The molecule has 3 aromatic rings. The van der Waals surface area contributed by atoms with Crippen LogP contribution in [0, 0.1) is 6.92 Å². The summed E-state index contributed by atoms with van der Waals surface area (Å²) in [6.45, 7) is 1.46. The Labute approximate surface area is 197 Å². The van der Waals surface area contributed by atoms with Crippen molar-refractivity contribution in [3.8, 4) is 5.75 Å². The van der Waals surface area contributed by atoms with Gasteiger partial charge in [0.1, 0.15) is 17.6 Å². The fourth-order valence-electron chi connectivity index (χ4n) is 3.68. The third-order valence-corrected chi connectivity index (χ3v) is 5.28. The van der Waals surface area contributed by atoms with E-state index in [9.17, 15) is 32.3 Å². The summed E-state index contributed by atoms with van der Waals surface area (Å²) < 4.78 is 50.2. The van der Waals surface area contributed by atoms with Gasteiger partial charge in [0.2, 0.25) is 11.8 Å². The van der Waals surface area contributed by atoms with E-state index >= 15 is 0 Å². The molecular formula is C23H19F3N4O5. The minimum absolute atomic E-state index is 0.0239. The molecule has 4 rings (SSSR count). The Bertz CT molecular complexity index is 1440. The Hall–Kier alpha value is -4.22. The lowest BCUT2D eigenvalue weighted by Gasteiger charge is -2.24. The standard InChI is InChI=1S/C23H19F3N4O5/c1-12-28-17-7-2-13(10-16(17)22(34)30(12)18-8-9-19(31)29-21(18)33)11-27-20(32)14-3-5-15(6-4-14)35-23(24,25)26/h2-7,10,18H,8-9,11H2,1H3,(H,27,32)(H,29,31,33)/t18-/m1/s1/i18D. The van der Waals surface area contributed by atoms with Gasteiger partial charge in [-0.1, -0.05) is 6.07 Å². The van der Waals surface area contributed by atoms with Crippen molar-refractivity contribution in [3.63, 3.8) is 0 Å². The van der Waals surface area contributed by atoms with Crippen LogP contribution in [0.25, 0.3) is 10.9 Å². The first kappa shape index (κ1) is 22.6. The van der Waals surface area contributed by atoms with Crippen molar-refractivity contribution in [1.82, 2.24) is 20.2 Å². The van der Waals surface area contributed by atoms with Gasteiger partial charge in [-0.3, -0.25) is 29.1 Å². The molecule has 9 nitrogen and oxygen atoms in total. The number of ether oxygens (including phenoxy) is 1. The van der Waals surface area contributed by atoms with Gasteiger partial charge in [0.05, 0.1) is 12.3 Å². The second-order valence-electron chi connectivity index (χ2n) is 7.73. The van der Waals surface area contributed by atoms with Crippen molar-refractivity contribution < 1.29 is 33.7 Å². The van der Waals surface area contributed by atoms with E-state index in [2.05, 4.69) is 20.4 Å². The molecular weight excluding hydrogens is 469 g/mol. The lowest BCUT2D eigenvalue weighted by molar-refractivity contribution is -0.274. The minimum atomic E-state index is -4.84. The third kappa shape index (κ3) is 5.31. The van der Waals surface area contributed by atoms with E-state index < -0.39 is 41.4 Å². The number of amides is 3. The van der Waals surface area contributed by atoms with Crippen molar-refractivity contribution in [1.29, 1.82) is 0 Å². The Morgan fingerprint density at radius 2 is 1.94 bits per heavy atom. The summed E-state index contributed by atoms with van der Waals surface area (Å²) in [5, 5.41) is 4.80. The topological polar surface area (TPSA) is 119 Å². The van der Waals surface area contributed by atoms with Gasteiger partial charge in [-0.15, -0.1) is 13.2 Å². The average Bonchev–Trinajstić information content (AvgIpc) is 2.80. The summed E-state index contributed by atoms with van der Waals surface area (Å²) >= 11 is 0. The molecule has 3 amide bonds. The van der Waals surface area contributed by atoms with Crippen LogP contribution < -0.4 is 20.9 Å². The summed E-state index contributed by atoms with van der Waals surface area (Å²) in [4.78, 5) is 53.9. The van der Waals surface area contributed by atoms with E-state index in [1.54, 1.807) is 12.1 Å². The van der Waals surface area contributed by atoms with Gasteiger partial charge in [-0.25, -0.2) is 4.98 Å². The van der Waals surface area contributed by atoms with Crippen LogP contribution in [-0.4, -0.2) is 33.6 Å². The number of rotatable bonds is 5. The monoisotopic (exact) mass is 489 g/mol. The van der Waals surface area contributed by atoms with Crippen molar-refractivity contribution >= 4 is 28.6 Å². The predicted octanol–water partition coefficient (Wildman–Crippen LogP) is 2.51. The van der Waals surface area contributed by atoms with E-state index in [-0.39, 0.29) is 36.2 Å². The van der Waals surface area contributed by atoms with Crippen LogP contribution in [0.2, 0.25) is 0 Å². The van der Waals surface area contributed by atoms with Crippen molar-refractivity contribution in [3.05, 3.63) is 69.8 Å². The molecule has 1 atom stereocenters. The number of hydrogen-bond acceptors (Lipinski definition) is 6. The molecule has 35 heavy (non-hydrogen) atoms. The van der Waals surface area contributed by atoms with E-state index in [0.717, 1.165) is 16.7 Å². The number of nitrogens with one attached hydrogen (secondary N) is 2. The summed E-state index contributed by atoms with van der Waals surface area (Å²) in [6.07, 6.45) is -5.13. The average molecular weight is 489 g/mol. The second-order valence-corrected chi connectivity index (χ2v) is 7.73. The molecule has 1 fully saturated rings. The predicted molar refractivity (Wildman–Crippen MR) is 116 cm³/mol. The van der Waals surface area contributed by atoms with Crippen LogP contribution >= 0.6 is 0 Å². The van der Waals surface area contributed by atoms with E-state index in [4.69, 9.17) is 1.37 Å². The Kier molecular flexibility index (Phi) is 5.93. The maximum atomic E-state index is 13.3. The molecule has 1 aliphatic heterocycles. The Morgan fingerprint density at radius 1 is 1.23 bits per heavy atom. The Morgan fingerprint density at radius 3 is 2.60 bits per heavy atom. The number of fused-ring (bicyclic) bond motifs is 1. The number of piperidine rings is 1. The van der Waals surface area contributed by atoms with Crippen molar-refractivity contribution in [2.24, 2.45) is 0 Å². The van der Waals surface area contributed by atoms with Crippen molar-refractivity contribution in [2.45, 2.75) is 38.7 Å². The van der Waals surface area contributed by atoms with Gasteiger partial charge in [-0.05, 0) is 55.3 Å². The first-order valence-corrected chi connectivity index (χ1v) is 10.4. The normalized spacial score (nSPS) is 18.7. The largest absolute Gasteiger partial charge is 0.573 e. The Balaban J connectivity index is 1.56. The van der Waals surface area contributed by atoms with Gasteiger partial charge in [-0.2, -0.15) is 0 Å². The number of imide groups is 1. The molecule has 0 radical (unpaired) electrons. The molecule has 1 aliphatic rings. The maximum Gasteiger partial charge on any atom is 0.573 e. The molecule has 0 saturated carbocycles. The summed E-state index contributed by atoms with van der Waals surface area (Å²) in [5.74, 6) is -2.34. The van der Waals surface area contributed by atoms with Gasteiger partial charge in [0, 0.05) is 18.5 Å². The minimum Gasteiger partial charge on any atom is -0.406 e. The molecule has 2 N–H and O–H groups in total. The SMILES string of the molecule is [2H][C@@]1(n2c(C)nc3ccc(CNC(=O)c4ccc(OC(F)(F)F)cc4)cc3c2=O)CCC(=O)NC1=O. The zero-order valence-electron chi connectivity index (χ0n) is 19.2. The summed E-state index contributed by atoms with van der Waals surface area (Å²) in [7, 11) is 0. The zero-order chi connectivity index (χ0) is 26.3. The molecule has 0 spiro atoms. The van der Waals surface area contributed by atoms with Crippen LogP contribution in [0.5, 0.6) is 5.75 Å². The highest BCUT2D eigenvalue weighted by atomic mass is 19.4. The number of aryl methyl sites for hydroxylation is 1. The number of halogens is 3. The van der Waals surface area contributed by atoms with E-state index in [1.165, 1.54) is 25.1 Å². The van der Waals surface area contributed by atoms with Gasteiger partial charge in [0.15, 0.2) is 0 Å². The number of alkyl halides is 3. The van der Waals surface area contributed by atoms with Crippen LogP contribution in [0.4, 0.5) is 13.2 Å². The van der Waals surface area contributed by atoms with Crippen LogP contribution in [-0.2, 0) is 16.1 Å². The molecule has 1 aromatic heterocycles. The van der Waals surface area contributed by atoms with Gasteiger partial charge in [0.25, 0.3) is 11.5 Å². The highest BCUT2D eigenvalue weighted by molar-refractivity contribution is 5.99. The fourth-order valence-corrected chi connectivity index (χ4v) is 3.68. The lowest BCUT2D eigenvalue weighted by atomic mass is 10.0. The van der Waals surface area contributed by atoms with Crippen LogP contribution in [0.3, 0.4) is 0 Å². The quantitative estimate of drug-likeness (QED) is 0.532. The van der Waals surface area contributed by atoms with Crippen molar-refractivity contribution in [2.75, 3.05) is 0 Å². The molecule has 0 unspecified atom stereocenters. The molecule has 12 heteroatoms. The molecule has 1 saturated heterocycles. The smallest absolute Gasteiger partial charge is 0.406 e. The first-order valence-electron chi connectivity index (χ1n) is 10.9. The number of benzene rings is 2. The molecule has 2 heterocycles. The second kappa shape index (κ2) is 9.20. The van der Waals surface area contributed by atoms with E-state index in [1.807, 2.05) is 0 Å². The molecule has 0 aliphatic carbocycles. The maximum absolute atomic E-state index is 13.3. The molecule has 2 aromatic carbocycles. The number of carbonyl (C=O) groups excluding carboxylic acids is 3. The lowest BCUT2D eigenvalue weighted by Crippen LogP contribution is -2.45. The van der Waals surface area contributed by atoms with Crippen LogP contribution in [0.1, 0.15) is 42.0 Å². The molecule has 182 valence electrons. The summed E-state index contributed by atoms with van der Waals surface area (Å²) in [6, 6.07) is 6.99. The van der Waals surface area contributed by atoms with Crippen LogP contribution in [0.15, 0.2) is 47.3 Å². The number of hydrogen-bond donors (Lipinski definition) is 2. The fraction of sp³-hybridized carbons (Fsp3) is 0.261. The highest BCUT2D eigenvalue weighted by Crippen LogP contribution is 2.23. The number of carbonyl (C=O) groups is 3. The third-order valence-electron chi connectivity index (χ3n) is 5.28. The number of nitrogens with zero attached hydrogens (tertiary/aromatic N) is 2. The zero-order valence-corrected chi connectivity index (χ0v) is 18.2. The first-order chi connectivity index (χ1) is 16.9.